The van der Waals surface area contributed by atoms with E-state index >= 15 is 0 Å². The van der Waals surface area contributed by atoms with Crippen LogP contribution in [0, 0.1) is 5.82 Å². The minimum atomic E-state index is -4.49. The molecule has 110 valence electrons. The highest BCUT2D eigenvalue weighted by Gasteiger charge is 2.30. The second-order valence-corrected chi connectivity index (χ2v) is 4.54. The number of halogens is 4. The van der Waals surface area contributed by atoms with Crippen molar-refractivity contribution in [2.24, 2.45) is 5.73 Å². The van der Waals surface area contributed by atoms with Gasteiger partial charge in [0.1, 0.15) is 22.3 Å². The van der Waals surface area contributed by atoms with Crippen LogP contribution in [0.3, 0.4) is 0 Å². The molecule has 2 aromatic rings. The summed E-state index contributed by atoms with van der Waals surface area (Å²) in [6.45, 7) is 0. The zero-order chi connectivity index (χ0) is 15.6. The van der Waals surface area contributed by atoms with Crippen LogP contribution in [0.25, 0.3) is 0 Å². The van der Waals surface area contributed by atoms with E-state index in [1.165, 1.54) is 24.3 Å². The van der Waals surface area contributed by atoms with Crippen LogP contribution in [-0.2, 0) is 6.18 Å². The van der Waals surface area contributed by atoms with Crippen LogP contribution in [0.15, 0.2) is 42.5 Å². The predicted octanol–water partition coefficient (Wildman–Crippen LogP) is 4.27. The minimum Gasteiger partial charge on any atom is -0.457 e. The average molecular weight is 315 g/mol. The lowest BCUT2D eigenvalue weighted by molar-refractivity contribution is -0.137. The molecule has 0 spiro atoms. The molecule has 2 N–H and O–H groups in total. The lowest BCUT2D eigenvalue weighted by Gasteiger charge is -2.12. The summed E-state index contributed by atoms with van der Waals surface area (Å²) in [5.41, 5.74) is 4.38. The van der Waals surface area contributed by atoms with Crippen molar-refractivity contribution in [3.05, 3.63) is 59.4 Å². The van der Waals surface area contributed by atoms with E-state index in [0.29, 0.717) is 0 Å². The van der Waals surface area contributed by atoms with Crippen molar-refractivity contribution in [1.29, 1.82) is 0 Å². The summed E-state index contributed by atoms with van der Waals surface area (Å²) in [5.74, 6) is -0.832. The van der Waals surface area contributed by atoms with Crippen LogP contribution < -0.4 is 10.5 Å². The van der Waals surface area contributed by atoms with E-state index in [0.717, 1.165) is 18.2 Å². The quantitative estimate of drug-likeness (QED) is 0.678. The van der Waals surface area contributed by atoms with E-state index < -0.39 is 17.6 Å². The number of hydrogen-bond acceptors (Lipinski definition) is 2. The highest BCUT2D eigenvalue weighted by atomic mass is 32.1. The Morgan fingerprint density at radius 3 is 2.38 bits per heavy atom. The van der Waals surface area contributed by atoms with Crippen molar-refractivity contribution in [2.75, 3.05) is 0 Å². The third kappa shape index (κ3) is 3.49. The maximum atomic E-state index is 13.6. The van der Waals surface area contributed by atoms with Gasteiger partial charge in [-0.3, -0.25) is 0 Å². The fourth-order valence-corrected chi connectivity index (χ4v) is 1.89. The summed E-state index contributed by atoms with van der Waals surface area (Å²) >= 11 is 4.72. The molecule has 0 aromatic heterocycles. The molecule has 2 nitrogen and oxygen atoms in total. The topological polar surface area (TPSA) is 35.2 Å². The van der Waals surface area contributed by atoms with Crippen molar-refractivity contribution in [1.82, 2.24) is 0 Å². The van der Waals surface area contributed by atoms with Gasteiger partial charge in [-0.1, -0.05) is 24.4 Å². The van der Waals surface area contributed by atoms with E-state index in [1.807, 2.05) is 0 Å². The first-order valence-corrected chi connectivity index (χ1v) is 6.13. The van der Waals surface area contributed by atoms with Crippen molar-refractivity contribution in [3.63, 3.8) is 0 Å². The molecule has 0 bridgehead atoms. The van der Waals surface area contributed by atoms with E-state index in [-0.39, 0.29) is 22.1 Å². The normalized spacial score (nSPS) is 11.2. The second kappa shape index (κ2) is 5.69. The number of alkyl halides is 3. The van der Waals surface area contributed by atoms with E-state index in [1.54, 1.807) is 0 Å². The molecule has 0 saturated carbocycles. The van der Waals surface area contributed by atoms with Crippen LogP contribution in [0.1, 0.15) is 11.1 Å². The number of hydrogen-bond donors (Lipinski definition) is 1. The number of nitrogens with two attached hydrogens (primary N) is 1. The summed E-state index contributed by atoms with van der Waals surface area (Å²) < 4.78 is 56.8. The Morgan fingerprint density at radius 1 is 1.10 bits per heavy atom. The van der Waals surface area contributed by atoms with Crippen molar-refractivity contribution in [3.8, 4) is 11.5 Å². The first-order chi connectivity index (χ1) is 9.79. The van der Waals surface area contributed by atoms with Gasteiger partial charge in [-0.15, -0.1) is 0 Å². The van der Waals surface area contributed by atoms with E-state index in [9.17, 15) is 17.6 Å². The van der Waals surface area contributed by atoms with Gasteiger partial charge in [0.2, 0.25) is 0 Å². The Bertz CT molecular complexity index is 685. The number of rotatable bonds is 3. The van der Waals surface area contributed by atoms with Gasteiger partial charge in [0, 0.05) is 0 Å². The van der Waals surface area contributed by atoms with Crippen LogP contribution in [0.5, 0.6) is 11.5 Å². The number of benzene rings is 2. The maximum Gasteiger partial charge on any atom is 0.416 e. The molecule has 2 aromatic carbocycles. The Balaban J connectivity index is 2.40. The summed E-state index contributed by atoms with van der Waals surface area (Å²) in [7, 11) is 0. The fraction of sp³-hybridized carbons (Fsp3) is 0.0714. The molecule has 7 heteroatoms. The molecule has 0 heterocycles. The summed E-state index contributed by atoms with van der Waals surface area (Å²) in [5, 5.41) is 0. The molecule has 21 heavy (non-hydrogen) atoms. The molecule has 0 aliphatic carbocycles. The SMILES string of the molecule is NC(=S)c1c(F)cccc1Oc1cccc(C(F)(F)F)c1. The zero-order valence-corrected chi connectivity index (χ0v) is 11.3. The Kier molecular flexibility index (Phi) is 4.13. The van der Waals surface area contributed by atoms with Gasteiger partial charge in [-0.25, -0.2) is 4.39 Å². The highest BCUT2D eigenvalue weighted by molar-refractivity contribution is 7.80. The molecule has 0 unspecified atom stereocenters. The van der Waals surface area contributed by atoms with Crippen molar-refractivity contribution < 1.29 is 22.3 Å². The second-order valence-electron chi connectivity index (χ2n) is 4.10. The largest absolute Gasteiger partial charge is 0.457 e. The Labute approximate surface area is 123 Å². The Morgan fingerprint density at radius 2 is 1.76 bits per heavy atom. The van der Waals surface area contributed by atoms with Gasteiger partial charge in [-0.05, 0) is 30.3 Å². The van der Waals surface area contributed by atoms with Gasteiger partial charge in [0.05, 0.1) is 11.1 Å². The average Bonchev–Trinajstić information content (AvgIpc) is 2.37. The lowest BCUT2D eigenvalue weighted by Crippen LogP contribution is -2.13. The van der Waals surface area contributed by atoms with Crippen molar-refractivity contribution in [2.45, 2.75) is 6.18 Å². The first-order valence-electron chi connectivity index (χ1n) is 5.72. The fourth-order valence-electron chi connectivity index (χ4n) is 1.69. The monoisotopic (exact) mass is 315 g/mol. The van der Waals surface area contributed by atoms with Crippen LogP contribution in [-0.4, -0.2) is 4.99 Å². The van der Waals surface area contributed by atoms with Gasteiger partial charge >= 0.3 is 6.18 Å². The molecule has 0 aliphatic rings. The standard InChI is InChI=1S/C14H9F4NOS/c15-10-5-2-6-11(12(10)13(19)21)20-9-4-1-3-8(7-9)14(16,17)18/h1-7H,(H2,19,21). The molecule has 0 atom stereocenters. The molecule has 0 aliphatic heterocycles. The zero-order valence-electron chi connectivity index (χ0n) is 10.4. The first kappa shape index (κ1) is 15.2. The third-order valence-electron chi connectivity index (χ3n) is 2.61. The van der Waals surface area contributed by atoms with Crippen LogP contribution >= 0.6 is 12.2 Å². The maximum absolute atomic E-state index is 13.6. The van der Waals surface area contributed by atoms with Crippen LogP contribution in [0.4, 0.5) is 17.6 Å². The van der Waals surface area contributed by atoms with Crippen LogP contribution in [0.2, 0.25) is 0 Å². The van der Waals surface area contributed by atoms with Gasteiger partial charge in [-0.2, -0.15) is 13.2 Å². The summed E-state index contributed by atoms with van der Waals surface area (Å²) in [6.07, 6.45) is -4.49. The number of thiocarbonyl (C=S) groups is 1. The molecular formula is C14H9F4NOS. The van der Waals surface area contributed by atoms with Gasteiger partial charge in [0.25, 0.3) is 0 Å². The molecule has 0 saturated heterocycles. The Hall–Kier alpha value is -2.15. The highest BCUT2D eigenvalue weighted by Crippen LogP contribution is 2.33. The minimum absolute atomic E-state index is 0.0400. The molecule has 2 rings (SSSR count). The van der Waals surface area contributed by atoms with Crippen molar-refractivity contribution >= 4 is 17.2 Å². The molecule has 0 amide bonds. The lowest BCUT2D eigenvalue weighted by atomic mass is 10.1. The molecule has 0 radical (unpaired) electrons. The smallest absolute Gasteiger partial charge is 0.416 e. The summed E-state index contributed by atoms with van der Waals surface area (Å²) in [4.78, 5) is -0.241. The van der Waals surface area contributed by atoms with E-state index in [4.69, 9.17) is 22.7 Å². The predicted molar refractivity (Wildman–Crippen MR) is 73.8 cm³/mol. The van der Waals surface area contributed by atoms with E-state index in [2.05, 4.69) is 0 Å². The van der Waals surface area contributed by atoms with Gasteiger partial charge < -0.3 is 10.5 Å². The third-order valence-corrected chi connectivity index (χ3v) is 2.82. The molecular weight excluding hydrogens is 306 g/mol. The molecule has 0 fully saturated rings. The number of ether oxygens (including phenoxy) is 1. The van der Waals surface area contributed by atoms with Gasteiger partial charge in [0.15, 0.2) is 0 Å². The summed E-state index contributed by atoms with van der Waals surface area (Å²) in [6, 6.07) is 8.09.